The molecule has 2 unspecified atom stereocenters. The number of carboxylic acids is 1. The Morgan fingerprint density at radius 2 is 1.92 bits per heavy atom. The van der Waals surface area contributed by atoms with Crippen LogP contribution < -0.4 is 0 Å². The van der Waals surface area contributed by atoms with Gasteiger partial charge in [0.2, 0.25) is 5.91 Å². The van der Waals surface area contributed by atoms with Crippen molar-refractivity contribution >= 4 is 17.8 Å². The molecule has 1 aliphatic heterocycles. The molecule has 1 aliphatic rings. The van der Waals surface area contributed by atoms with Crippen molar-refractivity contribution in [2.45, 2.75) is 32.2 Å². The van der Waals surface area contributed by atoms with Crippen molar-refractivity contribution < 1.29 is 19.5 Å². The summed E-state index contributed by atoms with van der Waals surface area (Å²) < 4.78 is 0. The number of hydrogen-bond acceptors (Lipinski definition) is 3. The summed E-state index contributed by atoms with van der Waals surface area (Å²) in [5, 5.41) is 9.03. The maximum absolute atomic E-state index is 12.9. The fourth-order valence-corrected chi connectivity index (χ4v) is 3.23. The third-order valence-corrected chi connectivity index (χ3v) is 4.68. The number of nitrogens with zero attached hydrogens (tertiary/aromatic N) is 2. The van der Waals surface area contributed by atoms with E-state index >= 15 is 0 Å². The highest BCUT2D eigenvalue weighted by atomic mass is 16.4. The summed E-state index contributed by atoms with van der Waals surface area (Å²) in [6.45, 7) is 3.98. The maximum Gasteiger partial charge on any atom is 0.308 e. The first-order valence-electron chi connectivity index (χ1n) is 8.12. The summed E-state index contributed by atoms with van der Waals surface area (Å²) in [7, 11) is 1.59. The third-order valence-electron chi connectivity index (χ3n) is 4.68. The first kappa shape index (κ1) is 18.0. The molecule has 6 heteroatoms. The van der Waals surface area contributed by atoms with Gasteiger partial charge in [-0.05, 0) is 31.9 Å². The molecule has 0 bridgehead atoms. The van der Waals surface area contributed by atoms with Crippen molar-refractivity contribution in [3.05, 3.63) is 35.9 Å². The van der Waals surface area contributed by atoms with E-state index in [-0.39, 0.29) is 18.4 Å². The van der Waals surface area contributed by atoms with Crippen LogP contribution in [0.15, 0.2) is 30.3 Å². The number of likely N-dealkylation sites (N-methyl/N-ethyl adjacent to an activating group) is 1. The molecule has 24 heavy (non-hydrogen) atoms. The van der Waals surface area contributed by atoms with Gasteiger partial charge in [0, 0.05) is 25.7 Å². The minimum Gasteiger partial charge on any atom is -0.481 e. The van der Waals surface area contributed by atoms with Crippen LogP contribution in [0.25, 0.3) is 0 Å². The van der Waals surface area contributed by atoms with E-state index in [1.165, 1.54) is 4.90 Å². The second kappa shape index (κ2) is 7.03. The molecule has 130 valence electrons. The average molecular weight is 332 g/mol. The molecule has 6 nitrogen and oxygen atoms in total. The minimum atomic E-state index is -0.941. The highest BCUT2D eigenvalue weighted by Crippen LogP contribution is 2.32. The predicted octanol–water partition coefficient (Wildman–Crippen LogP) is 1.86. The Bertz CT molecular complexity index is 631. The molecule has 1 N–H and O–H groups in total. The van der Waals surface area contributed by atoms with E-state index in [0.717, 1.165) is 6.42 Å². The van der Waals surface area contributed by atoms with Gasteiger partial charge in [0.25, 0.3) is 5.91 Å². The fraction of sp³-hybridized carbons (Fsp3) is 0.500. The maximum atomic E-state index is 12.9. The van der Waals surface area contributed by atoms with Gasteiger partial charge in [-0.2, -0.15) is 0 Å². The molecule has 1 aromatic rings. The van der Waals surface area contributed by atoms with Gasteiger partial charge in [-0.15, -0.1) is 0 Å². The Hall–Kier alpha value is -2.37. The lowest BCUT2D eigenvalue weighted by atomic mass is 9.95. The Morgan fingerprint density at radius 1 is 1.29 bits per heavy atom. The van der Waals surface area contributed by atoms with E-state index in [1.807, 2.05) is 6.07 Å². The Morgan fingerprint density at radius 3 is 2.50 bits per heavy atom. The number of hydrogen-bond donors (Lipinski definition) is 1. The zero-order valence-corrected chi connectivity index (χ0v) is 14.4. The lowest BCUT2D eigenvalue weighted by Crippen LogP contribution is -2.56. The molecule has 0 aromatic heterocycles. The molecule has 1 saturated heterocycles. The molecular weight excluding hydrogens is 308 g/mol. The zero-order valence-electron chi connectivity index (χ0n) is 14.4. The molecule has 2 amide bonds. The highest BCUT2D eigenvalue weighted by molar-refractivity contribution is 5.99. The number of carboxylic acid groups (broad SMARTS) is 1. The fourth-order valence-electron chi connectivity index (χ4n) is 3.23. The van der Waals surface area contributed by atoms with Crippen LogP contribution in [0.2, 0.25) is 0 Å². The van der Waals surface area contributed by atoms with E-state index in [1.54, 1.807) is 50.1 Å². The lowest BCUT2D eigenvalue weighted by molar-refractivity contribution is -0.145. The van der Waals surface area contributed by atoms with Gasteiger partial charge in [-0.25, -0.2) is 0 Å². The quantitative estimate of drug-likeness (QED) is 0.893. The summed E-state index contributed by atoms with van der Waals surface area (Å²) in [5.74, 6) is -1.97. The highest BCUT2D eigenvalue weighted by Gasteiger charge is 2.47. The largest absolute Gasteiger partial charge is 0.481 e. The van der Waals surface area contributed by atoms with Crippen molar-refractivity contribution in [2.24, 2.45) is 5.92 Å². The smallest absolute Gasteiger partial charge is 0.308 e. The standard InChI is InChI=1S/C18H24N2O4/c1-13(16(22)23)12-19(3)17(24)18(2)10-7-11-20(18)15(21)14-8-5-4-6-9-14/h4-6,8-9,13H,7,10-12H2,1-3H3,(H,22,23). The third kappa shape index (κ3) is 3.42. The molecular formula is C18H24N2O4. The summed E-state index contributed by atoms with van der Waals surface area (Å²) in [5.41, 5.74) is -0.375. The monoisotopic (exact) mass is 332 g/mol. The SMILES string of the molecule is CC(CN(C)C(=O)C1(C)CCCN1C(=O)c1ccccc1)C(=O)O. The molecule has 2 atom stereocenters. The summed E-state index contributed by atoms with van der Waals surface area (Å²) in [4.78, 5) is 39.7. The van der Waals surface area contributed by atoms with Crippen LogP contribution in [0.1, 0.15) is 37.0 Å². The second-order valence-corrected chi connectivity index (χ2v) is 6.63. The molecule has 0 radical (unpaired) electrons. The van der Waals surface area contributed by atoms with Crippen molar-refractivity contribution in [3.63, 3.8) is 0 Å². The second-order valence-electron chi connectivity index (χ2n) is 6.63. The summed E-state index contributed by atoms with van der Waals surface area (Å²) in [6.07, 6.45) is 1.33. The first-order chi connectivity index (χ1) is 11.3. The van der Waals surface area contributed by atoms with Crippen LogP contribution in [0, 0.1) is 5.92 Å². The topological polar surface area (TPSA) is 77.9 Å². The lowest BCUT2D eigenvalue weighted by Gasteiger charge is -2.37. The van der Waals surface area contributed by atoms with Crippen molar-refractivity contribution in [1.29, 1.82) is 0 Å². The average Bonchev–Trinajstić information content (AvgIpc) is 2.96. The number of amides is 2. The molecule has 0 aliphatic carbocycles. The van der Waals surface area contributed by atoms with Gasteiger partial charge < -0.3 is 14.9 Å². The van der Waals surface area contributed by atoms with Crippen molar-refractivity contribution in [1.82, 2.24) is 9.80 Å². The van der Waals surface area contributed by atoms with E-state index in [2.05, 4.69) is 0 Å². The van der Waals surface area contributed by atoms with Crippen LogP contribution in [0.5, 0.6) is 0 Å². The van der Waals surface area contributed by atoms with Crippen LogP contribution >= 0.6 is 0 Å². The normalized spacial score (nSPS) is 21.4. The van der Waals surface area contributed by atoms with E-state index in [4.69, 9.17) is 5.11 Å². The van der Waals surface area contributed by atoms with Gasteiger partial charge in [-0.1, -0.05) is 25.1 Å². The number of benzene rings is 1. The molecule has 2 rings (SSSR count). The van der Waals surface area contributed by atoms with E-state index in [0.29, 0.717) is 18.5 Å². The van der Waals surface area contributed by atoms with Crippen molar-refractivity contribution in [2.75, 3.05) is 20.1 Å². The minimum absolute atomic E-state index is 0.122. The number of likely N-dealkylation sites (tertiary alicyclic amines) is 1. The van der Waals surface area contributed by atoms with Crippen LogP contribution in [-0.2, 0) is 9.59 Å². The summed E-state index contributed by atoms with van der Waals surface area (Å²) in [6, 6.07) is 8.90. The Kier molecular flexibility index (Phi) is 5.26. The van der Waals surface area contributed by atoms with E-state index in [9.17, 15) is 14.4 Å². The zero-order chi connectivity index (χ0) is 17.9. The van der Waals surface area contributed by atoms with Gasteiger partial charge in [0.15, 0.2) is 0 Å². The van der Waals surface area contributed by atoms with Crippen LogP contribution in [0.3, 0.4) is 0 Å². The molecule has 0 spiro atoms. The van der Waals surface area contributed by atoms with E-state index < -0.39 is 17.4 Å². The number of rotatable bonds is 5. The van der Waals surface area contributed by atoms with Gasteiger partial charge in [0.05, 0.1) is 5.92 Å². The summed E-state index contributed by atoms with van der Waals surface area (Å²) >= 11 is 0. The molecule has 1 heterocycles. The van der Waals surface area contributed by atoms with Gasteiger partial charge in [0.1, 0.15) is 5.54 Å². The number of carbonyl (C=O) groups is 3. The predicted molar refractivity (Wildman–Crippen MR) is 89.6 cm³/mol. The number of carbonyl (C=O) groups excluding carboxylic acids is 2. The molecule has 1 aromatic carbocycles. The molecule has 0 saturated carbocycles. The first-order valence-corrected chi connectivity index (χ1v) is 8.12. The Balaban J connectivity index is 2.18. The van der Waals surface area contributed by atoms with Gasteiger partial charge >= 0.3 is 5.97 Å². The van der Waals surface area contributed by atoms with Crippen LogP contribution in [-0.4, -0.2) is 58.4 Å². The molecule has 1 fully saturated rings. The van der Waals surface area contributed by atoms with Gasteiger partial charge in [-0.3, -0.25) is 14.4 Å². The number of aliphatic carboxylic acids is 1. The Labute approximate surface area is 142 Å². The van der Waals surface area contributed by atoms with Crippen molar-refractivity contribution in [3.8, 4) is 0 Å². The van der Waals surface area contributed by atoms with Crippen LogP contribution in [0.4, 0.5) is 0 Å².